The van der Waals surface area contributed by atoms with E-state index in [0.29, 0.717) is 0 Å². The molecule has 0 amide bonds. The lowest BCUT2D eigenvalue weighted by atomic mass is 9.99. The maximum Gasteiger partial charge on any atom is 0.0355 e. The van der Waals surface area contributed by atoms with E-state index in [1.807, 2.05) is 43.4 Å². The monoisotopic (exact) mass is 455 g/mol. The number of allylic oxidation sites excluding steroid dienone is 5. The average molecular weight is 456 g/mol. The van der Waals surface area contributed by atoms with Gasteiger partial charge in [-0.1, -0.05) is 75.1 Å². The second-order valence-electron chi connectivity index (χ2n) is 7.03. The van der Waals surface area contributed by atoms with Crippen molar-refractivity contribution >= 4 is 49.0 Å². The lowest BCUT2D eigenvalue weighted by Gasteiger charge is -2.05. The van der Waals surface area contributed by atoms with Crippen molar-refractivity contribution in [2.75, 3.05) is 0 Å². The Morgan fingerprint density at radius 1 is 0.938 bits per heavy atom. The molecule has 0 aliphatic rings. The number of rotatable bonds is 6. The molecule has 0 saturated carbocycles. The second kappa shape index (κ2) is 11.6. The zero-order chi connectivity index (χ0) is 22.9. The minimum Gasteiger partial charge on any atom is -0.405 e. The maximum absolute atomic E-state index is 5.38. The molecule has 0 fully saturated rings. The fraction of sp³-hybridized carbons (Fsp3) is 0.103. The van der Waals surface area contributed by atoms with Crippen molar-refractivity contribution in [3.8, 4) is 11.1 Å². The molecule has 0 unspecified atom stereocenters. The van der Waals surface area contributed by atoms with E-state index in [4.69, 9.17) is 5.73 Å². The number of hydrogen-bond acceptors (Lipinski definition) is 3. The van der Waals surface area contributed by atoms with Crippen LogP contribution in [-0.4, -0.2) is 0 Å². The first kappa shape index (κ1) is 23.6. The molecule has 162 valence electrons. The average Bonchev–Trinajstić information content (AvgIpc) is 3.20. The molecule has 3 heteroatoms. The fourth-order valence-electron chi connectivity index (χ4n) is 3.55. The van der Waals surface area contributed by atoms with Gasteiger partial charge in [0.1, 0.15) is 0 Å². The first-order valence-corrected chi connectivity index (χ1v) is 12.1. The van der Waals surface area contributed by atoms with Gasteiger partial charge in [-0.2, -0.15) is 0 Å². The quantitative estimate of drug-likeness (QED) is 0.220. The van der Waals surface area contributed by atoms with Gasteiger partial charge < -0.3 is 5.73 Å². The third-order valence-corrected chi connectivity index (χ3v) is 6.57. The molecule has 0 saturated heterocycles. The molecule has 4 rings (SSSR count). The van der Waals surface area contributed by atoms with Crippen LogP contribution in [0.5, 0.6) is 0 Å². The lowest BCUT2D eigenvalue weighted by Crippen LogP contribution is -1.84. The van der Waals surface area contributed by atoms with Crippen LogP contribution in [0.2, 0.25) is 0 Å². The number of hydrogen-bond donors (Lipinski definition) is 2. The van der Waals surface area contributed by atoms with Gasteiger partial charge >= 0.3 is 0 Å². The van der Waals surface area contributed by atoms with Crippen molar-refractivity contribution < 1.29 is 0 Å². The van der Waals surface area contributed by atoms with Gasteiger partial charge in [0.2, 0.25) is 0 Å². The third-order valence-electron chi connectivity index (χ3n) is 5.01. The van der Waals surface area contributed by atoms with Gasteiger partial charge in [0, 0.05) is 25.1 Å². The summed E-state index contributed by atoms with van der Waals surface area (Å²) < 4.78 is 2.59. The van der Waals surface area contributed by atoms with E-state index >= 15 is 0 Å². The molecule has 0 aliphatic heterocycles. The van der Waals surface area contributed by atoms with Crippen LogP contribution in [0.3, 0.4) is 0 Å². The van der Waals surface area contributed by atoms with Crippen molar-refractivity contribution in [2.45, 2.75) is 20.3 Å². The van der Waals surface area contributed by atoms with E-state index in [-0.39, 0.29) is 0 Å². The predicted molar refractivity (Wildman–Crippen MR) is 149 cm³/mol. The Bertz CT molecular complexity index is 1310. The SMILES string of the molecule is C=C/C=C(\S)c1ccc2sc3ccc(-c4cccc(C/C=C\C=C/N)c4)cc3c2c1.CC. The van der Waals surface area contributed by atoms with Crippen LogP contribution in [-0.2, 0) is 6.42 Å². The first-order valence-electron chi connectivity index (χ1n) is 10.8. The predicted octanol–water partition coefficient (Wildman–Crippen LogP) is 8.78. The van der Waals surface area contributed by atoms with E-state index in [1.165, 1.54) is 36.9 Å². The molecule has 2 N–H and O–H groups in total. The van der Waals surface area contributed by atoms with Gasteiger partial charge in [0.15, 0.2) is 0 Å². The van der Waals surface area contributed by atoms with Crippen LogP contribution in [0.4, 0.5) is 0 Å². The molecule has 1 aromatic heterocycles. The smallest absolute Gasteiger partial charge is 0.0355 e. The summed E-state index contributed by atoms with van der Waals surface area (Å²) in [5.74, 6) is 0. The van der Waals surface area contributed by atoms with Crippen LogP contribution in [0.1, 0.15) is 25.0 Å². The van der Waals surface area contributed by atoms with E-state index < -0.39 is 0 Å². The number of nitrogens with two attached hydrogens (primary N) is 1. The molecule has 0 aliphatic carbocycles. The molecule has 1 nitrogen and oxygen atoms in total. The van der Waals surface area contributed by atoms with Crippen molar-refractivity contribution in [3.63, 3.8) is 0 Å². The van der Waals surface area contributed by atoms with Gasteiger partial charge in [0.05, 0.1) is 0 Å². The van der Waals surface area contributed by atoms with Crippen molar-refractivity contribution in [1.29, 1.82) is 0 Å². The summed E-state index contributed by atoms with van der Waals surface area (Å²) in [6, 6.07) is 22.0. The Morgan fingerprint density at radius 2 is 1.66 bits per heavy atom. The Hall–Kier alpha value is -3.01. The molecule has 1 heterocycles. The summed E-state index contributed by atoms with van der Waals surface area (Å²) in [7, 11) is 0. The minimum absolute atomic E-state index is 0.880. The normalized spacial score (nSPS) is 11.9. The Labute approximate surface area is 200 Å². The van der Waals surface area contributed by atoms with Crippen LogP contribution in [0.15, 0.2) is 104 Å². The standard InChI is InChI=1S/C27H23NS2.C2H6/c1-2-7-25(29)22-12-14-27-24(18-22)23-17-21(11-13-26(23)30-27)20-10-6-9-19(16-20)8-4-3-5-15-28;1-2/h2-7,9-18,29H,1,8,28H2;1-2H3/b4-3-,15-5-,25-7-;. The van der Waals surface area contributed by atoms with Gasteiger partial charge in [-0.3, -0.25) is 0 Å². The zero-order valence-electron chi connectivity index (χ0n) is 18.6. The largest absolute Gasteiger partial charge is 0.405 e. The molecule has 0 bridgehead atoms. The summed E-state index contributed by atoms with van der Waals surface area (Å²) >= 11 is 6.43. The molecular formula is C29H29NS2. The van der Waals surface area contributed by atoms with E-state index in [2.05, 4.69) is 85.9 Å². The summed E-state index contributed by atoms with van der Waals surface area (Å²) in [6.45, 7) is 7.77. The molecule has 4 aromatic rings. The maximum atomic E-state index is 5.38. The number of thiol groups is 1. The summed E-state index contributed by atoms with van der Waals surface area (Å²) in [5.41, 5.74) is 10.2. The summed E-state index contributed by atoms with van der Waals surface area (Å²) in [4.78, 5) is 0.924. The molecular weight excluding hydrogens is 426 g/mol. The highest BCUT2D eigenvalue weighted by Crippen LogP contribution is 2.38. The van der Waals surface area contributed by atoms with E-state index in [1.54, 1.807) is 12.3 Å². The Morgan fingerprint density at radius 3 is 2.41 bits per heavy atom. The van der Waals surface area contributed by atoms with E-state index in [9.17, 15) is 0 Å². The van der Waals surface area contributed by atoms with Gasteiger partial charge in [-0.05, 0) is 71.3 Å². The van der Waals surface area contributed by atoms with Crippen molar-refractivity contribution in [1.82, 2.24) is 0 Å². The van der Waals surface area contributed by atoms with Crippen LogP contribution < -0.4 is 5.73 Å². The van der Waals surface area contributed by atoms with Gasteiger partial charge in [0.25, 0.3) is 0 Å². The third kappa shape index (κ3) is 5.42. The first-order chi connectivity index (χ1) is 15.7. The minimum atomic E-state index is 0.880. The molecule has 3 aromatic carbocycles. The fourth-order valence-corrected chi connectivity index (χ4v) is 4.86. The lowest BCUT2D eigenvalue weighted by molar-refractivity contribution is 1.27. The Kier molecular flexibility index (Phi) is 8.55. The van der Waals surface area contributed by atoms with Crippen molar-refractivity contribution in [2.24, 2.45) is 5.73 Å². The van der Waals surface area contributed by atoms with Crippen LogP contribution in [0, 0.1) is 0 Å². The molecule has 0 radical (unpaired) electrons. The van der Waals surface area contributed by atoms with Crippen molar-refractivity contribution in [3.05, 3.63) is 115 Å². The van der Waals surface area contributed by atoms with Crippen LogP contribution >= 0.6 is 24.0 Å². The molecule has 32 heavy (non-hydrogen) atoms. The second-order valence-corrected chi connectivity index (χ2v) is 8.59. The van der Waals surface area contributed by atoms with Gasteiger partial charge in [-0.25, -0.2) is 0 Å². The topological polar surface area (TPSA) is 26.0 Å². The van der Waals surface area contributed by atoms with Crippen LogP contribution in [0.25, 0.3) is 36.2 Å². The molecule has 0 spiro atoms. The number of benzene rings is 3. The summed E-state index contributed by atoms with van der Waals surface area (Å²) in [5, 5.41) is 2.55. The summed E-state index contributed by atoms with van der Waals surface area (Å²) in [6.07, 6.45) is 12.1. The highest BCUT2D eigenvalue weighted by Gasteiger charge is 2.09. The molecule has 0 atom stereocenters. The van der Waals surface area contributed by atoms with Gasteiger partial charge in [-0.15, -0.1) is 24.0 Å². The Balaban J connectivity index is 0.00000141. The van der Waals surface area contributed by atoms with E-state index in [0.717, 1.165) is 16.9 Å². The number of thiophene rings is 1. The number of fused-ring (bicyclic) bond motifs is 3. The highest BCUT2D eigenvalue weighted by molar-refractivity contribution is 7.90. The zero-order valence-corrected chi connectivity index (χ0v) is 20.3. The highest BCUT2D eigenvalue weighted by atomic mass is 32.1.